The van der Waals surface area contributed by atoms with E-state index in [-0.39, 0.29) is 25.0 Å². The van der Waals surface area contributed by atoms with Gasteiger partial charge in [0.15, 0.2) is 0 Å². The van der Waals surface area contributed by atoms with Crippen molar-refractivity contribution in [3.05, 3.63) is 0 Å². The molecule has 104 valence electrons. The molecule has 2 amide bonds. The molecule has 0 atom stereocenters. The number of carbonyl (C=O) groups excluding carboxylic acids is 2. The molecule has 0 aliphatic heterocycles. The lowest BCUT2D eigenvalue weighted by molar-refractivity contribution is -0.132. The predicted molar refractivity (Wildman–Crippen MR) is 74.9 cm³/mol. The van der Waals surface area contributed by atoms with Crippen LogP contribution < -0.4 is 11.5 Å². The van der Waals surface area contributed by atoms with E-state index in [9.17, 15) is 9.59 Å². The molecule has 0 radical (unpaired) electrons. The molecule has 0 unspecified atom stereocenters. The van der Waals surface area contributed by atoms with Crippen LogP contribution in [0.2, 0.25) is 0 Å². The summed E-state index contributed by atoms with van der Waals surface area (Å²) < 4.78 is 0. The van der Waals surface area contributed by atoms with Gasteiger partial charge >= 0.3 is 0 Å². The zero-order chi connectivity index (χ0) is 14.3. The molecule has 0 aromatic heterocycles. The third-order valence-corrected chi connectivity index (χ3v) is 2.75. The average Bonchev–Trinajstić information content (AvgIpc) is 2.23. The number of amides is 2. The molecule has 6 nitrogen and oxygen atoms in total. The maximum Gasteiger partial charge on any atom is 0.236 e. The number of hydrogen-bond donors (Lipinski definition) is 2. The van der Waals surface area contributed by atoms with Crippen molar-refractivity contribution in [1.29, 1.82) is 0 Å². The standard InChI is InChI=1S/C11H22N4O2S/c1-8(2)15(6-9(12)16)7-11(17)14(3)5-4-10(13)18/h8H,4-7H2,1-3H3,(H2,12,16)(H2,13,18). The van der Waals surface area contributed by atoms with Crippen molar-refractivity contribution >= 4 is 29.0 Å². The monoisotopic (exact) mass is 274 g/mol. The molecule has 0 aromatic rings. The number of carbonyl (C=O) groups is 2. The summed E-state index contributed by atoms with van der Waals surface area (Å²) in [5.41, 5.74) is 10.5. The summed E-state index contributed by atoms with van der Waals surface area (Å²) in [6.07, 6.45) is 0.495. The van der Waals surface area contributed by atoms with Crippen LogP contribution in [0.5, 0.6) is 0 Å². The van der Waals surface area contributed by atoms with Gasteiger partial charge in [0.05, 0.1) is 18.1 Å². The zero-order valence-corrected chi connectivity index (χ0v) is 12.0. The van der Waals surface area contributed by atoms with Gasteiger partial charge in [0.25, 0.3) is 0 Å². The van der Waals surface area contributed by atoms with E-state index in [4.69, 9.17) is 23.7 Å². The summed E-state index contributed by atoms with van der Waals surface area (Å²) in [5.74, 6) is -0.525. The molecule has 0 aliphatic carbocycles. The van der Waals surface area contributed by atoms with Gasteiger partial charge in [-0.05, 0) is 13.8 Å². The first-order valence-electron chi connectivity index (χ1n) is 5.78. The van der Waals surface area contributed by atoms with Crippen molar-refractivity contribution in [2.75, 3.05) is 26.7 Å². The number of thiocarbonyl (C=S) groups is 1. The Morgan fingerprint density at radius 1 is 1.22 bits per heavy atom. The predicted octanol–water partition coefficient (Wildman–Crippen LogP) is -0.683. The Balaban J connectivity index is 4.31. The third-order valence-electron chi connectivity index (χ3n) is 2.55. The van der Waals surface area contributed by atoms with Gasteiger partial charge in [0.2, 0.25) is 11.8 Å². The topological polar surface area (TPSA) is 92.7 Å². The highest BCUT2D eigenvalue weighted by Crippen LogP contribution is 1.99. The Bertz CT molecular complexity index is 320. The van der Waals surface area contributed by atoms with Crippen molar-refractivity contribution < 1.29 is 9.59 Å². The minimum Gasteiger partial charge on any atom is -0.393 e. The molecular formula is C11H22N4O2S. The molecule has 4 N–H and O–H groups in total. The molecule has 0 aliphatic rings. The van der Waals surface area contributed by atoms with Gasteiger partial charge in [-0.1, -0.05) is 12.2 Å². The van der Waals surface area contributed by atoms with Gasteiger partial charge in [-0.25, -0.2) is 0 Å². The van der Waals surface area contributed by atoms with E-state index < -0.39 is 5.91 Å². The van der Waals surface area contributed by atoms with Crippen molar-refractivity contribution in [2.45, 2.75) is 26.3 Å². The molecule has 0 saturated heterocycles. The SMILES string of the molecule is CC(C)N(CC(N)=O)CC(=O)N(C)CCC(N)=S. The van der Waals surface area contributed by atoms with Crippen LogP contribution in [0, 0.1) is 0 Å². The first-order valence-corrected chi connectivity index (χ1v) is 6.19. The lowest BCUT2D eigenvalue weighted by Crippen LogP contribution is -2.45. The number of hydrogen-bond acceptors (Lipinski definition) is 4. The molecule has 0 aromatic carbocycles. The fourth-order valence-electron chi connectivity index (χ4n) is 1.32. The molecular weight excluding hydrogens is 252 g/mol. The summed E-state index contributed by atoms with van der Waals surface area (Å²) in [7, 11) is 1.68. The number of rotatable bonds is 8. The Morgan fingerprint density at radius 2 is 1.78 bits per heavy atom. The van der Waals surface area contributed by atoms with E-state index in [0.29, 0.717) is 18.0 Å². The van der Waals surface area contributed by atoms with Gasteiger partial charge in [0.1, 0.15) is 0 Å². The highest BCUT2D eigenvalue weighted by molar-refractivity contribution is 7.80. The number of primary amides is 1. The second kappa shape index (κ2) is 7.99. The number of likely N-dealkylation sites (N-methyl/N-ethyl adjacent to an activating group) is 1. The zero-order valence-electron chi connectivity index (χ0n) is 11.2. The second-order valence-electron chi connectivity index (χ2n) is 4.50. The van der Waals surface area contributed by atoms with Crippen molar-refractivity contribution in [1.82, 2.24) is 9.80 Å². The van der Waals surface area contributed by atoms with Gasteiger partial charge in [-0.2, -0.15) is 0 Å². The normalized spacial score (nSPS) is 10.7. The number of nitrogens with zero attached hydrogens (tertiary/aromatic N) is 2. The van der Waals surface area contributed by atoms with E-state index in [1.807, 2.05) is 13.8 Å². The van der Waals surface area contributed by atoms with E-state index in [1.165, 1.54) is 0 Å². The molecule has 0 spiro atoms. The van der Waals surface area contributed by atoms with Crippen LogP contribution in [0.15, 0.2) is 0 Å². The highest BCUT2D eigenvalue weighted by atomic mass is 32.1. The third kappa shape index (κ3) is 7.18. The quantitative estimate of drug-likeness (QED) is 0.572. The maximum atomic E-state index is 11.9. The van der Waals surface area contributed by atoms with Crippen LogP contribution in [0.3, 0.4) is 0 Å². The smallest absolute Gasteiger partial charge is 0.236 e. The fraction of sp³-hybridized carbons (Fsp3) is 0.727. The van der Waals surface area contributed by atoms with Crippen LogP contribution in [0.25, 0.3) is 0 Å². The first-order chi connectivity index (χ1) is 8.23. The molecule has 0 heterocycles. The van der Waals surface area contributed by atoms with E-state index in [0.717, 1.165) is 0 Å². The van der Waals surface area contributed by atoms with Crippen molar-refractivity contribution in [2.24, 2.45) is 11.5 Å². The minimum atomic E-state index is -0.442. The Morgan fingerprint density at radius 3 is 2.17 bits per heavy atom. The largest absolute Gasteiger partial charge is 0.393 e. The van der Waals surface area contributed by atoms with Gasteiger partial charge in [-0.3, -0.25) is 14.5 Å². The van der Waals surface area contributed by atoms with Crippen LogP contribution in [-0.2, 0) is 9.59 Å². The lowest BCUT2D eigenvalue weighted by atomic mass is 10.3. The maximum absolute atomic E-state index is 11.9. The Hall–Kier alpha value is -1.21. The van der Waals surface area contributed by atoms with Gasteiger partial charge in [-0.15, -0.1) is 0 Å². The lowest BCUT2D eigenvalue weighted by Gasteiger charge is -2.27. The summed E-state index contributed by atoms with van der Waals surface area (Å²) in [6.45, 7) is 4.54. The van der Waals surface area contributed by atoms with Crippen molar-refractivity contribution in [3.8, 4) is 0 Å². The molecule has 7 heteroatoms. The molecule has 0 rings (SSSR count). The molecule has 0 bridgehead atoms. The van der Waals surface area contributed by atoms with E-state index >= 15 is 0 Å². The molecule has 18 heavy (non-hydrogen) atoms. The average molecular weight is 274 g/mol. The first kappa shape index (κ1) is 16.8. The summed E-state index contributed by atoms with van der Waals surface area (Å²) in [4.78, 5) is 26.5. The fourth-order valence-corrected chi connectivity index (χ4v) is 1.41. The minimum absolute atomic E-state index is 0.0745. The number of nitrogens with two attached hydrogens (primary N) is 2. The van der Waals surface area contributed by atoms with E-state index in [2.05, 4.69) is 0 Å². The molecule has 0 saturated carbocycles. The van der Waals surface area contributed by atoms with Crippen LogP contribution in [0.4, 0.5) is 0 Å². The molecule has 0 fully saturated rings. The van der Waals surface area contributed by atoms with Gasteiger partial charge < -0.3 is 16.4 Å². The van der Waals surface area contributed by atoms with Crippen molar-refractivity contribution in [3.63, 3.8) is 0 Å². The highest BCUT2D eigenvalue weighted by Gasteiger charge is 2.18. The van der Waals surface area contributed by atoms with Crippen LogP contribution >= 0.6 is 12.2 Å². The van der Waals surface area contributed by atoms with Crippen LogP contribution in [0.1, 0.15) is 20.3 Å². The van der Waals surface area contributed by atoms with E-state index in [1.54, 1.807) is 16.8 Å². The second-order valence-corrected chi connectivity index (χ2v) is 5.02. The summed E-state index contributed by atoms with van der Waals surface area (Å²) >= 11 is 4.76. The Kier molecular flexibility index (Phi) is 7.45. The summed E-state index contributed by atoms with van der Waals surface area (Å²) in [6, 6.07) is 0.0745. The van der Waals surface area contributed by atoms with Gasteiger partial charge in [0, 0.05) is 26.1 Å². The summed E-state index contributed by atoms with van der Waals surface area (Å²) in [5, 5.41) is 0. The van der Waals surface area contributed by atoms with Crippen LogP contribution in [-0.4, -0.2) is 59.3 Å². The Labute approximate surface area is 113 Å².